The van der Waals surface area contributed by atoms with E-state index in [1.165, 1.54) is 22.6 Å². The topological polar surface area (TPSA) is 38.0 Å². The lowest BCUT2D eigenvalue weighted by Gasteiger charge is -2.14. The average molecular weight is 266 g/mol. The van der Waals surface area contributed by atoms with Crippen molar-refractivity contribution in [3.05, 3.63) is 44.8 Å². The second kappa shape index (κ2) is 6.91. The largest absolute Gasteiger partial charge is 0.271 e. The minimum absolute atomic E-state index is 0.397. The summed E-state index contributed by atoms with van der Waals surface area (Å²) in [7, 11) is 0. The Morgan fingerprint density at radius 1 is 1.12 bits per heavy atom. The Morgan fingerprint density at radius 3 is 2.41 bits per heavy atom. The van der Waals surface area contributed by atoms with Crippen molar-refractivity contribution < 1.29 is 0 Å². The average Bonchev–Trinajstić information content (AvgIpc) is 3.00. The van der Waals surface area contributed by atoms with Crippen LogP contribution in [-0.2, 0) is 12.8 Å². The van der Waals surface area contributed by atoms with Gasteiger partial charge < -0.3 is 0 Å². The van der Waals surface area contributed by atoms with Crippen LogP contribution in [0.15, 0.2) is 35.0 Å². The Labute approximate surface area is 110 Å². The van der Waals surface area contributed by atoms with Gasteiger partial charge in [0, 0.05) is 15.8 Å². The molecule has 4 heteroatoms. The summed E-state index contributed by atoms with van der Waals surface area (Å²) in [6.07, 6.45) is 4.53. The van der Waals surface area contributed by atoms with Crippen LogP contribution in [0, 0.1) is 0 Å². The zero-order chi connectivity index (χ0) is 11.9. The van der Waals surface area contributed by atoms with E-state index in [4.69, 9.17) is 5.84 Å². The number of nitrogens with two attached hydrogens (primary N) is 1. The van der Waals surface area contributed by atoms with Gasteiger partial charge in [-0.05, 0) is 48.6 Å². The lowest BCUT2D eigenvalue weighted by atomic mass is 10.1. The molecule has 3 N–H and O–H groups in total. The monoisotopic (exact) mass is 266 g/mol. The summed E-state index contributed by atoms with van der Waals surface area (Å²) in [6.45, 7) is 0. The van der Waals surface area contributed by atoms with E-state index in [0.717, 1.165) is 12.8 Å². The van der Waals surface area contributed by atoms with Gasteiger partial charge in [-0.25, -0.2) is 0 Å². The molecule has 1 atom stereocenters. The number of nitrogens with one attached hydrogen (secondary N) is 1. The van der Waals surface area contributed by atoms with Gasteiger partial charge in [-0.2, -0.15) is 0 Å². The Kier molecular flexibility index (Phi) is 5.19. The van der Waals surface area contributed by atoms with Gasteiger partial charge in [0.15, 0.2) is 0 Å². The predicted octanol–water partition coefficient (Wildman–Crippen LogP) is 3.21. The molecule has 2 aromatic rings. The van der Waals surface area contributed by atoms with Crippen LogP contribution in [-0.4, -0.2) is 6.04 Å². The first-order valence-electron chi connectivity index (χ1n) is 5.89. The van der Waals surface area contributed by atoms with Gasteiger partial charge >= 0.3 is 0 Å². The Bertz CT molecular complexity index is 395. The normalized spacial score (nSPS) is 12.8. The van der Waals surface area contributed by atoms with E-state index >= 15 is 0 Å². The number of aryl methyl sites for hydroxylation is 1. The summed E-state index contributed by atoms with van der Waals surface area (Å²) in [6, 6.07) is 8.99. The fraction of sp³-hybridized carbons (Fsp3) is 0.385. The molecule has 0 aliphatic carbocycles. The van der Waals surface area contributed by atoms with E-state index < -0.39 is 0 Å². The van der Waals surface area contributed by atoms with E-state index in [9.17, 15) is 0 Å². The van der Waals surface area contributed by atoms with E-state index in [1.807, 2.05) is 11.3 Å². The zero-order valence-corrected chi connectivity index (χ0v) is 11.4. The lowest BCUT2D eigenvalue weighted by Crippen LogP contribution is -2.36. The second-order valence-corrected chi connectivity index (χ2v) is 6.18. The first-order valence-corrected chi connectivity index (χ1v) is 7.65. The maximum Gasteiger partial charge on any atom is 0.0258 e. The molecule has 17 heavy (non-hydrogen) atoms. The molecule has 0 aliphatic heterocycles. The standard InChI is InChI=1S/C13H18N2S2/c14-15-11(10-13-7-3-9-17-13)4-1-5-12-6-2-8-16-12/h2-3,6-9,11,15H,1,4-5,10,14H2. The fourth-order valence-electron chi connectivity index (χ4n) is 1.89. The molecule has 0 aromatic carbocycles. The van der Waals surface area contributed by atoms with E-state index in [1.54, 1.807) is 11.3 Å². The summed E-state index contributed by atoms with van der Waals surface area (Å²) in [5, 5.41) is 4.26. The van der Waals surface area contributed by atoms with Crippen LogP contribution >= 0.6 is 22.7 Å². The van der Waals surface area contributed by atoms with Crippen molar-refractivity contribution in [1.29, 1.82) is 0 Å². The number of thiophene rings is 2. The maximum absolute atomic E-state index is 5.61. The molecule has 92 valence electrons. The molecule has 0 bridgehead atoms. The molecule has 0 spiro atoms. The van der Waals surface area contributed by atoms with Crippen LogP contribution in [0.1, 0.15) is 22.6 Å². The van der Waals surface area contributed by atoms with Crippen molar-refractivity contribution in [2.75, 3.05) is 0 Å². The van der Waals surface area contributed by atoms with Gasteiger partial charge in [0.25, 0.3) is 0 Å². The molecule has 1 unspecified atom stereocenters. The Balaban J connectivity index is 1.72. The van der Waals surface area contributed by atoms with Gasteiger partial charge in [-0.3, -0.25) is 11.3 Å². The van der Waals surface area contributed by atoms with Crippen LogP contribution in [0.25, 0.3) is 0 Å². The minimum atomic E-state index is 0.397. The molecule has 2 rings (SSSR count). The molecule has 0 saturated carbocycles. The predicted molar refractivity (Wildman–Crippen MR) is 76.4 cm³/mol. The van der Waals surface area contributed by atoms with Gasteiger partial charge in [0.05, 0.1) is 0 Å². The highest BCUT2D eigenvalue weighted by molar-refractivity contribution is 7.10. The summed E-state index contributed by atoms with van der Waals surface area (Å²) in [4.78, 5) is 2.88. The van der Waals surface area contributed by atoms with Gasteiger partial charge in [-0.15, -0.1) is 22.7 Å². The van der Waals surface area contributed by atoms with Crippen LogP contribution in [0.2, 0.25) is 0 Å². The molecule has 0 amide bonds. The summed E-state index contributed by atoms with van der Waals surface area (Å²) < 4.78 is 0. The van der Waals surface area contributed by atoms with Crippen LogP contribution in [0.5, 0.6) is 0 Å². The highest BCUT2D eigenvalue weighted by atomic mass is 32.1. The highest BCUT2D eigenvalue weighted by Gasteiger charge is 2.08. The Hall–Kier alpha value is -0.680. The van der Waals surface area contributed by atoms with Crippen LogP contribution < -0.4 is 11.3 Å². The third kappa shape index (κ3) is 4.24. The lowest BCUT2D eigenvalue weighted by molar-refractivity contribution is 0.479. The number of rotatable bonds is 7. The third-order valence-electron chi connectivity index (χ3n) is 2.82. The van der Waals surface area contributed by atoms with Gasteiger partial charge in [0.1, 0.15) is 0 Å². The van der Waals surface area contributed by atoms with E-state index in [-0.39, 0.29) is 0 Å². The van der Waals surface area contributed by atoms with Crippen molar-refractivity contribution in [3.8, 4) is 0 Å². The molecule has 0 saturated heterocycles. The zero-order valence-electron chi connectivity index (χ0n) is 9.76. The van der Waals surface area contributed by atoms with Crippen LogP contribution in [0.4, 0.5) is 0 Å². The van der Waals surface area contributed by atoms with Gasteiger partial charge in [-0.1, -0.05) is 12.1 Å². The molecular formula is C13H18N2S2. The SMILES string of the molecule is NNC(CCCc1cccs1)Cc1cccs1. The number of hydrazine groups is 1. The second-order valence-electron chi connectivity index (χ2n) is 4.12. The van der Waals surface area contributed by atoms with Crippen molar-refractivity contribution in [2.24, 2.45) is 5.84 Å². The molecule has 0 aliphatic rings. The quantitative estimate of drug-likeness (QED) is 0.596. The summed E-state index contributed by atoms with van der Waals surface area (Å²) in [5.74, 6) is 5.61. The minimum Gasteiger partial charge on any atom is -0.271 e. The van der Waals surface area contributed by atoms with E-state index in [0.29, 0.717) is 6.04 Å². The van der Waals surface area contributed by atoms with E-state index in [2.05, 4.69) is 40.5 Å². The van der Waals surface area contributed by atoms with Crippen molar-refractivity contribution in [3.63, 3.8) is 0 Å². The molecule has 2 aromatic heterocycles. The smallest absolute Gasteiger partial charge is 0.0258 e. The molecule has 0 radical (unpaired) electrons. The van der Waals surface area contributed by atoms with Gasteiger partial charge in [0.2, 0.25) is 0 Å². The molecule has 2 heterocycles. The van der Waals surface area contributed by atoms with Crippen molar-refractivity contribution >= 4 is 22.7 Å². The van der Waals surface area contributed by atoms with Crippen molar-refractivity contribution in [1.82, 2.24) is 5.43 Å². The first kappa shape index (κ1) is 12.8. The van der Waals surface area contributed by atoms with Crippen LogP contribution in [0.3, 0.4) is 0 Å². The highest BCUT2D eigenvalue weighted by Crippen LogP contribution is 2.16. The summed E-state index contributed by atoms with van der Waals surface area (Å²) in [5.41, 5.74) is 2.93. The third-order valence-corrected chi connectivity index (χ3v) is 4.65. The summed E-state index contributed by atoms with van der Waals surface area (Å²) >= 11 is 3.64. The Morgan fingerprint density at radius 2 is 1.82 bits per heavy atom. The number of hydrogen-bond acceptors (Lipinski definition) is 4. The molecular weight excluding hydrogens is 248 g/mol. The molecule has 2 nitrogen and oxygen atoms in total. The fourth-order valence-corrected chi connectivity index (χ4v) is 3.43. The molecule has 0 fully saturated rings. The van der Waals surface area contributed by atoms with Crippen molar-refractivity contribution in [2.45, 2.75) is 31.7 Å². The first-order chi connectivity index (χ1) is 8.38. The number of hydrogen-bond donors (Lipinski definition) is 2. The maximum atomic E-state index is 5.61.